The van der Waals surface area contributed by atoms with Crippen LogP contribution in [-0.2, 0) is 0 Å². The molecule has 0 aromatic carbocycles. The fourth-order valence-electron chi connectivity index (χ4n) is 1.18. The van der Waals surface area contributed by atoms with Crippen LogP contribution in [0.3, 0.4) is 0 Å². The molecule has 0 saturated carbocycles. The van der Waals surface area contributed by atoms with Gasteiger partial charge < -0.3 is 0 Å². The maximum atomic E-state index is 12.5. The number of carbonyl (C=O) groups excluding carboxylic acids is 1. The number of carbonyl (C=O) groups is 1. The molecular weight excluding hydrogens is 176 g/mol. The summed E-state index contributed by atoms with van der Waals surface area (Å²) in [5.41, 5.74) is 0.496. The van der Waals surface area contributed by atoms with Crippen LogP contribution in [0, 0.1) is 13.8 Å². The van der Waals surface area contributed by atoms with Crippen molar-refractivity contribution in [1.82, 2.24) is 4.98 Å². The van der Waals surface area contributed by atoms with Gasteiger partial charge in [-0.15, -0.1) is 0 Å². The highest BCUT2D eigenvalue weighted by molar-refractivity contribution is 5.79. The molecule has 2 nitrogen and oxygen atoms in total. The van der Waals surface area contributed by atoms with Crippen LogP contribution in [0.15, 0.2) is 6.20 Å². The van der Waals surface area contributed by atoms with Crippen LogP contribution in [0.4, 0.5) is 8.78 Å². The second-order valence-electron chi connectivity index (χ2n) is 2.77. The van der Waals surface area contributed by atoms with Crippen molar-refractivity contribution in [2.75, 3.05) is 0 Å². The van der Waals surface area contributed by atoms with Gasteiger partial charge in [0.2, 0.25) is 0 Å². The number of hydrogen-bond acceptors (Lipinski definition) is 2. The van der Waals surface area contributed by atoms with Gasteiger partial charge in [0, 0.05) is 23.0 Å². The quantitative estimate of drug-likeness (QED) is 0.662. The summed E-state index contributed by atoms with van der Waals surface area (Å²) in [6.07, 6.45) is -0.845. The monoisotopic (exact) mass is 185 g/mol. The second kappa shape index (κ2) is 3.60. The number of hydrogen-bond donors (Lipinski definition) is 0. The molecule has 0 saturated heterocycles. The summed E-state index contributed by atoms with van der Waals surface area (Å²) in [7, 11) is 0. The first-order chi connectivity index (χ1) is 6.07. The molecule has 0 aliphatic rings. The fourth-order valence-corrected chi connectivity index (χ4v) is 1.18. The van der Waals surface area contributed by atoms with Gasteiger partial charge in [-0.05, 0) is 19.4 Å². The molecule has 0 unspecified atom stereocenters. The smallest absolute Gasteiger partial charge is 0.264 e. The van der Waals surface area contributed by atoms with Crippen molar-refractivity contribution in [2.24, 2.45) is 0 Å². The molecule has 0 amide bonds. The van der Waals surface area contributed by atoms with Crippen LogP contribution < -0.4 is 0 Å². The molecule has 1 heterocycles. The van der Waals surface area contributed by atoms with Crippen LogP contribution in [0.1, 0.15) is 33.6 Å². The van der Waals surface area contributed by atoms with E-state index in [1.165, 1.54) is 20.0 Å². The first-order valence-corrected chi connectivity index (χ1v) is 3.77. The second-order valence-corrected chi connectivity index (χ2v) is 2.77. The summed E-state index contributed by atoms with van der Waals surface area (Å²) >= 11 is 0. The van der Waals surface area contributed by atoms with Crippen LogP contribution in [0.2, 0.25) is 0 Å². The van der Waals surface area contributed by atoms with Gasteiger partial charge >= 0.3 is 0 Å². The number of aromatic nitrogens is 1. The van der Waals surface area contributed by atoms with Gasteiger partial charge in [-0.3, -0.25) is 9.78 Å². The Morgan fingerprint density at radius 1 is 1.46 bits per heavy atom. The Morgan fingerprint density at radius 2 is 2.08 bits per heavy atom. The van der Waals surface area contributed by atoms with E-state index in [1.54, 1.807) is 0 Å². The van der Waals surface area contributed by atoms with Crippen LogP contribution in [0.5, 0.6) is 0 Å². The molecule has 0 aliphatic carbocycles. The Bertz CT molecular complexity index is 337. The largest absolute Gasteiger partial charge is 0.298 e. The lowest BCUT2D eigenvalue weighted by molar-refractivity contribution is 0.110. The third-order valence-electron chi connectivity index (χ3n) is 1.89. The van der Waals surface area contributed by atoms with Gasteiger partial charge in [-0.1, -0.05) is 0 Å². The van der Waals surface area contributed by atoms with E-state index in [0.29, 0.717) is 17.5 Å². The molecular formula is C9H9F2NO. The van der Waals surface area contributed by atoms with Gasteiger partial charge in [0.1, 0.15) is 0 Å². The molecule has 0 spiro atoms. The molecule has 0 fully saturated rings. The van der Waals surface area contributed by atoms with E-state index in [-0.39, 0.29) is 11.1 Å². The van der Waals surface area contributed by atoms with E-state index >= 15 is 0 Å². The minimum absolute atomic E-state index is 0.00926. The van der Waals surface area contributed by atoms with Gasteiger partial charge in [0.05, 0.1) is 0 Å². The van der Waals surface area contributed by atoms with Gasteiger partial charge in [-0.25, -0.2) is 8.78 Å². The molecule has 1 rings (SSSR count). The van der Waals surface area contributed by atoms with Crippen LogP contribution in [0.25, 0.3) is 0 Å². The van der Waals surface area contributed by atoms with Crippen molar-refractivity contribution in [3.05, 3.63) is 28.6 Å². The summed E-state index contributed by atoms with van der Waals surface area (Å²) in [6.45, 7) is 3.05. The standard InChI is InChI=1S/C9H9F2NO/c1-5-3-12-6(2)7(4-13)8(5)9(10)11/h3-4,9H,1-2H3. The number of aryl methyl sites for hydroxylation is 2. The molecule has 70 valence electrons. The Balaban J connectivity index is 3.43. The normalized spacial score (nSPS) is 10.5. The maximum Gasteiger partial charge on any atom is 0.264 e. The number of aldehydes is 1. The predicted octanol–water partition coefficient (Wildman–Crippen LogP) is 2.45. The van der Waals surface area contributed by atoms with E-state index in [0.717, 1.165) is 0 Å². The van der Waals surface area contributed by atoms with Gasteiger partial charge in [0.15, 0.2) is 6.29 Å². The number of rotatable bonds is 2. The van der Waals surface area contributed by atoms with E-state index in [9.17, 15) is 13.6 Å². The molecule has 0 atom stereocenters. The van der Waals surface area contributed by atoms with Crippen LogP contribution in [-0.4, -0.2) is 11.3 Å². The van der Waals surface area contributed by atoms with Crippen molar-refractivity contribution < 1.29 is 13.6 Å². The van der Waals surface area contributed by atoms with Crippen molar-refractivity contribution in [3.63, 3.8) is 0 Å². The van der Waals surface area contributed by atoms with Crippen molar-refractivity contribution in [2.45, 2.75) is 20.3 Å². The molecule has 1 aromatic rings. The van der Waals surface area contributed by atoms with Crippen molar-refractivity contribution in [1.29, 1.82) is 0 Å². The SMILES string of the molecule is Cc1cnc(C)c(C=O)c1C(F)F. The van der Waals surface area contributed by atoms with Crippen LogP contribution >= 0.6 is 0 Å². The zero-order chi connectivity index (χ0) is 10.0. The summed E-state index contributed by atoms with van der Waals surface area (Å²) in [5.74, 6) is 0. The predicted molar refractivity (Wildman–Crippen MR) is 44.1 cm³/mol. The topological polar surface area (TPSA) is 30.0 Å². The molecule has 1 aromatic heterocycles. The lowest BCUT2D eigenvalue weighted by Crippen LogP contribution is -2.02. The highest BCUT2D eigenvalue weighted by Crippen LogP contribution is 2.26. The Morgan fingerprint density at radius 3 is 2.46 bits per heavy atom. The lowest BCUT2D eigenvalue weighted by Gasteiger charge is -2.08. The Kier molecular flexibility index (Phi) is 2.70. The van der Waals surface area contributed by atoms with E-state index < -0.39 is 6.43 Å². The molecule has 13 heavy (non-hydrogen) atoms. The van der Waals surface area contributed by atoms with Gasteiger partial charge in [-0.2, -0.15) is 0 Å². The number of pyridine rings is 1. The van der Waals surface area contributed by atoms with Crippen molar-refractivity contribution in [3.8, 4) is 0 Å². The highest BCUT2D eigenvalue weighted by atomic mass is 19.3. The average Bonchev–Trinajstić information content (AvgIpc) is 2.07. The number of halogens is 2. The van der Waals surface area contributed by atoms with E-state index in [4.69, 9.17) is 0 Å². The van der Waals surface area contributed by atoms with Crippen molar-refractivity contribution >= 4 is 6.29 Å². The molecule has 0 aliphatic heterocycles. The minimum atomic E-state index is -2.62. The summed E-state index contributed by atoms with van der Waals surface area (Å²) < 4.78 is 24.9. The third-order valence-corrected chi connectivity index (χ3v) is 1.89. The Labute approximate surface area is 74.6 Å². The average molecular weight is 185 g/mol. The lowest BCUT2D eigenvalue weighted by atomic mass is 10.0. The molecule has 0 radical (unpaired) electrons. The summed E-state index contributed by atoms with van der Waals surface area (Å²) in [6, 6.07) is 0. The number of nitrogens with zero attached hydrogens (tertiary/aromatic N) is 1. The van der Waals surface area contributed by atoms with Gasteiger partial charge in [0.25, 0.3) is 6.43 Å². The third kappa shape index (κ3) is 1.71. The molecule has 0 bridgehead atoms. The first kappa shape index (κ1) is 9.77. The van der Waals surface area contributed by atoms with E-state index in [2.05, 4.69) is 4.98 Å². The summed E-state index contributed by atoms with van der Waals surface area (Å²) in [5, 5.41) is 0. The summed E-state index contributed by atoms with van der Waals surface area (Å²) in [4.78, 5) is 14.4. The maximum absolute atomic E-state index is 12.5. The molecule has 0 N–H and O–H groups in total. The number of alkyl halides is 2. The zero-order valence-electron chi connectivity index (χ0n) is 7.34. The molecule has 4 heteroatoms. The highest BCUT2D eigenvalue weighted by Gasteiger charge is 2.17. The Hall–Kier alpha value is -1.32. The minimum Gasteiger partial charge on any atom is -0.298 e. The van der Waals surface area contributed by atoms with E-state index in [1.807, 2.05) is 0 Å². The first-order valence-electron chi connectivity index (χ1n) is 3.77. The fraction of sp³-hybridized carbons (Fsp3) is 0.333. The zero-order valence-corrected chi connectivity index (χ0v) is 7.34.